The number of benzene rings is 2. The molecule has 24 heavy (non-hydrogen) atoms. The molecule has 2 aromatic carbocycles. The lowest BCUT2D eigenvalue weighted by Gasteiger charge is -2.17. The fourth-order valence-corrected chi connectivity index (χ4v) is 2.40. The van der Waals surface area contributed by atoms with Crippen molar-refractivity contribution in [3.8, 4) is 11.1 Å². The van der Waals surface area contributed by atoms with Gasteiger partial charge in [-0.25, -0.2) is 4.79 Å². The van der Waals surface area contributed by atoms with Gasteiger partial charge in [0.2, 0.25) is 0 Å². The quantitative estimate of drug-likeness (QED) is 0.582. The second kappa shape index (κ2) is 7.43. The molecule has 1 heterocycles. The summed E-state index contributed by atoms with van der Waals surface area (Å²) in [4.78, 5) is 12.1. The highest BCUT2D eigenvalue weighted by atomic mass is 16.3. The first kappa shape index (κ1) is 15.8. The van der Waals surface area contributed by atoms with Crippen LogP contribution in [0.15, 0.2) is 67.0 Å². The Labute approximate surface area is 139 Å². The summed E-state index contributed by atoms with van der Waals surface area (Å²) in [5.74, 6) is 0. The third-order valence-corrected chi connectivity index (χ3v) is 3.66. The van der Waals surface area contributed by atoms with Crippen molar-refractivity contribution in [2.24, 2.45) is 0 Å². The van der Waals surface area contributed by atoms with E-state index in [1.54, 1.807) is 12.4 Å². The van der Waals surface area contributed by atoms with E-state index in [2.05, 4.69) is 20.8 Å². The van der Waals surface area contributed by atoms with E-state index < -0.39 is 6.04 Å². The van der Waals surface area contributed by atoms with Crippen LogP contribution in [0.2, 0.25) is 0 Å². The molecule has 0 fully saturated rings. The maximum atomic E-state index is 12.1. The van der Waals surface area contributed by atoms with Gasteiger partial charge in [0.15, 0.2) is 0 Å². The Hall–Kier alpha value is -3.12. The number of hydrogen-bond donors (Lipinski definition) is 4. The average molecular weight is 322 g/mol. The number of amides is 2. The Balaban J connectivity index is 1.62. The molecule has 0 spiro atoms. The van der Waals surface area contributed by atoms with Gasteiger partial charge in [-0.1, -0.05) is 42.5 Å². The highest BCUT2D eigenvalue weighted by Crippen LogP contribution is 2.20. The topological polar surface area (TPSA) is 90.0 Å². The second-order valence-electron chi connectivity index (χ2n) is 5.31. The maximum Gasteiger partial charge on any atom is 0.319 e. The predicted octanol–water partition coefficient (Wildman–Crippen LogP) is 2.93. The summed E-state index contributed by atoms with van der Waals surface area (Å²) < 4.78 is 0. The minimum absolute atomic E-state index is 0.170. The van der Waals surface area contributed by atoms with Crippen LogP contribution >= 0.6 is 0 Å². The zero-order chi connectivity index (χ0) is 16.8. The minimum Gasteiger partial charge on any atom is -0.394 e. The number of nitrogens with one attached hydrogen (secondary N) is 3. The van der Waals surface area contributed by atoms with Crippen molar-refractivity contribution in [2.45, 2.75) is 6.04 Å². The fourth-order valence-electron chi connectivity index (χ4n) is 2.40. The van der Waals surface area contributed by atoms with Crippen LogP contribution in [0.25, 0.3) is 11.1 Å². The molecule has 0 saturated heterocycles. The van der Waals surface area contributed by atoms with Crippen LogP contribution in [0.4, 0.5) is 10.5 Å². The molecule has 0 bridgehead atoms. The molecule has 0 radical (unpaired) electrons. The van der Waals surface area contributed by atoms with E-state index in [1.165, 1.54) is 0 Å². The predicted molar refractivity (Wildman–Crippen MR) is 92.4 cm³/mol. The number of aliphatic hydroxyl groups excluding tert-OH is 1. The van der Waals surface area contributed by atoms with Crippen molar-refractivity contribution in [1.82, 2.24) is 15.5 Å². The van der Waals surface area contributed by atoms with Gasteiger partial charge in [-0.2, -0.15) is 5.10 Å². The number of aromatic amines is 1. The van der Waals surface area contributed by atoms with Crippen LogP contribution in [0.5, 0.6) is 0 Å². The fraction of sp³-hybridized carbons (Fsp3) is 0.111. The molecule has 3 aromatic rings. The summed E-state index contributed by atoms with van der Waals surface area (Å²) in [7, 11) is 0. The molecule has 2 amide bonds. The van der Waals surface area contributed by atoms with Crippen molar-refractivity contribution < 1.29 is 9.90 Å². The highest BCUT2D eigenvalue weighted by Gasteiger charge is 2.13. The van der Waals surface area contributed by atoms with Gasteiger partial charge in [0.25, 0.3) is 0 Å². The number of H-pyrrole nitrogens is 1. The van der Waals surface area contributed by atoms with E-state index in [0.29, 0.717) is 5.69 Å². The lowest BCUT2D eigenvalue weighted by atomic mass is 10.1. The molecule has 3 rings (SSSR count). The molecule has 0 aliphatic carbocycles. The Kier molecular flexibility index (Phi) is 4.88. The van der Waals surface area contributed by atoms with Gasteiger partial charge >= 0.3 is 6.03 Å². The van der Waals surface area contributed by atoms with Crippen LogP contribution in [-0.2, 0) is 0 Å². The molecule has 0 aliphatic rings. The lowest BCUT2D eigenvalue weighted by Crippen LogP contribution is -2.34. The van der Waals surface area contributed by atoms with E-state index in [9.17, 15) is 9.90 Å². The first-order chi connectivity index (χ1) is 11.8. The SMILES string of the molecule is O=C(Nc1ccc(-c2cn[nH]c2)cc1)N[C@H](CO)c1ccccc1. The zero-order valence-corrected chi connectivity index (χ0v) is 12.9. The van der Waals surface area contributed by atoms with E-state index >= 15 is 0 Å². The van der Waals surface area contributed by atoms with Crippen LogP contribution in [-0.4, -0.2) is 27.9 Å². The van der Waals surface area contributed by atoms with Gasteiger partial charge in [0.05, 0.1) is 18.8 Å². The van der Waals surface area contributed by atoms with Crippen molar-refractivity contribution in [1.29, 1.82) is 0 Å². The standard InChI is InChI=1S/C18H18N4O2/c23-12-17(14-4-2-1-3-5-14)22-18(24)21-16-8-6-13(7-9-16)15-10-19-20-11-15/h1-11,17,23H,12H2,(H,19,20)(H2,21,22,24)/t17-/m1/s1. The van der Waals surface area contributed by atoms with Gasteiger partial charge in [0.1, 0.15) is 0 Å². The van der Waals surface area contributed by atoms with Gasteiger partial charge in [-0.3, -0.25) is 5.10 Å². The van der Waals surface area contributed by atoms with Crippen LogP contribution in [0, 0.1) is 0 Å². The number of carbonyl (C=O) groups excluding carboxylic acids is 1. The first-order valence-corrected chi connectivity index (χ1v) is 7.59. The molecule has 1 atom stereocenters. The first-order valence-electron chi connectivity index (χ1n) is 7.59. The second-order valence-corrected chi connectivity index (χ2v) is 5.31. The van der Waals surface area contributed by atoms with Crippen molar-refractivity contribution in [3.63, 3.8) is 0 Å². The van der Waals surface area contributed by atoms with Crippen LogP contribution < -0.4 is 10.6 Å². The molecule has 6 heteroatoms. The molecule has 0 saturated carbocycles. The number of urea groups is 1. The number of carbonyl (C=O) groups is 1. The number of aromatic nitrogens is 2. The number of hydrogen-bond acceptors (Lipinski definition) is 3. The number of nitrogens with zero attached hydrogens (tertiary/aromatic N) is 1. The van der Waals surface area contributed by atoms with Gasteiger partial charge in [-0.05, 0) is 23.3 Å². The Bertz CT molecular complexity index is 771. The van der Waals surface area contributed by atoms with Crippen LogP contribution in [0.1, 0.15) is 11.6 Å². The van der Waals surface area contributed by atoms with E-state index in [1.807, 2.05) is 54.6 Å². The molecule has 0 aliphatic heterocycles. The number of anilines is 1. The Morgan fingerprint density at radius 3 is 2.46 bits per heavy atom. The zero-order valence-electron chi connectivity index (χ0n) is 12.9. The summed E-state index contributed by atoms with van der Waals surface area (Å²) in [6.07, 6.45) is 3.54. The maximum absolute atomic E-state index is 12.1. The van der Waals surface area contributed by atoms with Crippen LogP contribution in [0.3, 0.4) is 0 Å². The third kappa shape index (κ3) is 3.80. The molecular formula is C18H18N4O2. The van der Waals surface area contributed by atoms with Gasteiger partial charge in [0, 0.05) is 17.4 Å². The van der Waals surface area contributed by atoms with E-state index in [4.69, 9.17) is 0 Å². The lowest BCUT2D eigenvalue weighted by molar-refractivity contribution is 0.225. The molecule has 0 unspecified atom stereocenters. The van der Waals surface area contributed by atoms with Gasteiger partial charge < -0.3 is 15.7 Å². The van der Waals surface area contributed by atoms with Crippen molar-refractivity contribution >= 4 is 11.7 Å². The summed E-state index contributed by atoms with van der Waals surface area (Å²) in [5, 5.41) is 21.7. The molecule has 4 N–H and O–H groups in total. The smallest absolute Gasteiger partial charge is 0.319 e. The molecule has 122 valence electrons. The molecular weight excluding hydrogens is 304 g/mol. The highest BCUT2D eigenvalue weighted by molar-refractivity contribution is 5.89. The largest absolute Gasteiger partial charge is 0.394 e. The van der Waals surface area contributed by atoms with Crippen molar-refractivity contribution in [2.75, 3.05) is 11.9 Å². The van der Waals surface area contributed by atoms with E-state index in [-0.39, 0.29) is 12.6 Å². The minimum atomic E-state index is -0.448. The normalized spacial score (nSPS) is 11.7. The van der Waals surface area contributed by atoms with Crippen molar-refractivity contribution in [3.05, 3.63) is 72.6 Å². The monoisotopic (exact) mass is 322 g/mol. The molecule has 6 nitrogen and oxygen atoms in total. The molecule has 1 aromatic heterocycles. The Morgan fingerprint density at radius 2 is 1.83 bits per heavy atom. The third-order valence-electron chi connectivity index (χ3n) is 3.66. The van der Waals surface area contributed by atoms with E-state index in [0.717, 1.165) is 16.7 Å². The number of rotatable bonds is 5. The average Bonchev–Trinajstić information content (AvgIpc) is 3.16. The Morgan fingerprint density at radius 1 is 1.08 bits per heavy atom. The van der Waals surface area contributed by atoms with Gasteiger partial charge in [-0.15, -0.1) is 0 Å². The summed E-state index contributed by atoms with van der Waals surface area (Å²) >= 11 is 0. The summed E-state index contributed by atoms with van der Waals surface area (Å²) in [6, 6.07) is 16.0. The summed E-state index contributed by atoms with van der Waals surface area (Å²) in [5.41, 5.74) is 3.51. The number of aliphatic hydroxyl groups is 1. The summed E-state index contributed by atoms with van der Waals surface area (Å²) in [6.45, 7) is -0.170.